The molecule has 0 aromatic heterocycles. The first kappa shape index (κ1) is 12.3. The van der Waals surface area contributed by atoms with E-state index in [0.29, 0.717) is 5.92 Å². The first-order valence-corrected chi connectivity index (χ1v) is 6.07. The number of allylic oxidation sites excluding steroid dienone is 1. The van der Waals surface area contributed by atoms with Gasteiger partial charge in [0.15, 0.2) is 0 Å². The van der Waals surface area contributed by atoms with Crippen LogP contribution in [-0.4, -0.2) is 12.1 Å². The molecule has 0 unspecified atom stereocenters. The van der Waals surface area contributed by atoms with Gasteiger partial charge >= 0.3 is 5.97 Å². The second-order valence-corrected chi connectivity index (χ2v) is 4.60. The van der Waals surface area contributed by atoms with Crippen molar-refractivity contribution in [2.75, 3.05) is 0 Å². The van der Waals surface area contributed by atoms with Crippen LogP contribution in [0, 0.1) is 5.92 Å². The van der Waals surface area contributed by atoms with Crippen LogP contribution in [-0.2, 0) is 9.53 Å². The number of hydrogen-bond acceptors (Lipinski definition) is 2. The molecule has 0 heterocycles. The Labute approximate surface area is 92.7 Å². The molecule has 0 aliphatic heterocycles. The third kappa shape index (κ3) is 5.60. The lowest BCUT2D eigenvalue weighted by Gasteiger charge is -2.08. The summed E-state index contributed by atoms with van der Waals surface area (Å²) in [5, 5.41) is 0. The first-order valence-electron chi connectivity index (χ1n) is 6.07. The monoisotopic (exact) mass is 210 g/mol. The number of rotatable bonds is 3. The largest absolute Gasteiger partial charge is 0.460 e. The van der Waals surface area contributed by atoms with Gasteiger partial charge in [-0.15, -0.1) is 0 Å². The molecule has 15 heavy (non-hydrogen) atoms. The van der Waals surface area contributed by atoms with E-state index in [1.54, 1.807) is 6.08 Å². The minimum atomic E-state index is -0.200. The van der Waals surface area contributed by atoms with Gasteiger partial charge in [0.05, 0.1) is 6.10 Å². The number of carbonyl (C=O) groups excluding carboxylic acids is 1. The fraction of sp³-hybridized carbons (Fsp3) is 0.769. The SMILES string of the molecule is CC(C)OC(=O)/C=C\C1CCCCCC1. The summed E-state index contributed by atoms with van der Waals surface area (Å²) in [6.45, 7) is 3.74. The van der Waals surface area contributed by atoms with Crippen molar-refractivity contribution in [3.05, 3.63) is 12.2 Å². The lowest BCUT2D eigenvalue weighted by molar-refractivity contribution is -0.141. The Balaban J connectivity index is 2.31. The summed E-state index contributed by atoms with van der Waals surface area (Å²) in [6.07, 6.45) is 11.4. The van der Waals surface area contributed by atoms with Gasteiger partial charge in [0.1, 0.15) is 0 Å². The van der Waals surface area contributed by atoms with Crippen molar-refractivity contribution in [1.82, 2.24) is 0 Å². The van der Waals surface area contributed by atoms with Gasteiger partial charge in [-0.05, 0) is 32.6 Å². The van der Waals surface area contributed by atoms with Crippen molar-refractivity contribution < 1.29 is 9.53 Å². The maximum absolute atomic E-state index is 11.3. The first-order chi connectivity index (χ1) is 7.18. The highest BCUT2D eigenvalue weighted by Gasteiger charge is 2.09. The molecule has 86 valence electrons. The molecule has 0 radical (unpaired) electrons. The maximum atomic E-state index is 11.3. The number of carbonyl (C=O) groups is 1. The predicted octanol–water partition coefficient (Wildman–Crippen LogP) is 3.46. The second-order valence-electron chi connectivity index (χ2n) is 4.60. The van der Waals surface area contributed by atoms with Gasteiger partial charge in [0.25, 0.3) is 0 Å². The van der Waals surface area contributed by atoms with E-state index < -0.39 is 0 Å². The second kappa shape index (κ2) is 6.65. The standard InChI is InChI=1S/C13H22O2/c1-11(2)15-13(14)10-9-12-7-5-3-4-6-8-12/h9-12H,3-8H2,1-2H3/b10-9-. The summed E-state index contributed by atoms with van der Waals surface area (Å²) >= 11 is 0. The maximum Gasteiger partial charge on any atom is 0.330 e. The Hall–Kier alpha value is -0.790. The minimum absolute atomic E-state index is 0.0173. The van der Waals surface area contributed by atoms with Crippen LogP contribution >= 0.6 is 0 Å². The molecule has 0 saturated heterocycles. The normalized spacial score (nSPS) is 19.4. The zero-order chi connectivity index (χ0) is 11.1. The van der Waals surface area contributed by atoms with Crippen LogP contribution in [0.5, 0.6) is 0 Å². The molecule has 0 amide bonds. The van der Waals surface area contributed by atoms with Gasteiger partial charge < -0.3 is 4.74 Å². The molecular weight excluding hydrogens is 188 g/mol. The van der Waals surface area contributed by atoms with Crippen LogP contribution in [0.25, 0.3) is 0 Å². The number of esters is 1. The van der Waals surface area contributed by atoms with E-state index >= 15 is 0 Å². The molecule has 1 fully saturated rings. The molecule has 0 bridgehead atoms. The molecule has 1 aliphatic rings. The van der Waals surface area contributed by atoms with Crippen LogP contribution < -0.4 is 0 Å². The molecule has 0 aromatic carbocycles. The Morgan fingerprint density at radius 1 is 1.20 bits per heavy atom. The molecule has 0 atom stereocenters. The Bertz CT molecular complexity index is 211. The quantitative estimate of drug-likeness (QED) is 0.405. The molecule has 0 aromatic rings. The van der Waals surface area contributed by atoms with Crippen molar-refractivity contribution in [3.63, 3.8) is 0 Å². The minimum Gasteiger partial charge on any atom is -0.460 e. The van der Waals surface area contributed by atoms with Crippen LogP contribution in [0.2, 0.25) is 0 Å². The Kier molecular flexibility index (Phi) is 5.44. The lowest BCUT2D eigenvalue weighted by Crippen LogP contribution is -2.09. The topological polar surface area (TPSA) is 26.3 Å². The summed E-state index contributed by atoms with van der Waals surface area (Å²) < 4.78 is 5.05. The summed E-state index contributed by atoms with van der Waals surface area (Å²) in [5.74, 6) is 0.390. The zero-order valence-electron chi connectivity index (χ0n) is 9.87. The van der Waals surface area contributed by atoms with Gasteiger partial charge in [0.2, 0.25) is 0 Å². The van der Waals surface area contributed by atoms with E-state index in [9.17, 15) is 4.79 Å². The molecule has 1 saturated carbocycles. The van der Waals surface area contributed by atoms with E-state index in [-0.39, 0.29) is 12.1 Å². The van der Waals surface area contributed by atoms with Gasteiger partial charge in [-0.3, -0.25) is 0 Å². The van der Waals surface area contributed by atoms with Gasteiger partial charge in [-0.2, -0.15) is 0 Å². The van der Waals surface area contributed by atoms with E-state index in [2.05, 4.69) is 0 Å². The molecule has 1 aliphatic carbocycles. The lowest BCUT2D eigenvalue weighted by atomic mass is 10.00. The molecule has 2 nitrogen and oxygen atoms in total. The molecular formula is C13H22O2. The molecule has 2 heteroatoms. The number of ether oxygens (including phenoxy) is 1. The zero-order valence-corrected chi connectivity index (χ0v) is 9.87. The van der Waals surface area contributed by atoms with Crippen LogP contribution in [0.1, 0.15) is 52.4 Å². The number of hydrogen-bond donors (Lipinski definition) is 0. The molecule has 0 spiro atoms. The highest BCUT2D eigenvalue weighted by Crippen LogP contribution is 2.23. The van der Waals surface area contributed by atoms with Gasteiger partial charge in [-0.25, -0.2) is 4.79 Å². The van der Waals surface area contributed by atoms with Crippen molar-refractivity contribution in [3.8, 4) is 0 Å². The summed E-state index contributed by atoms with van der Waals surface area (Å²) in [4.78, 5) is 11.3. The van der Waals surface area contributed by atoms with Crippen LogP contribution in [0.3, 0.4) is 0 Å². The van der Waals surface area contributed by atoms with Gasteiger partial charge in [0, 0.05) is 6.08 Å². The summed E-state index contributed by atoms with van der Waals surface area (Å²) in [7, 11) is 0. The third-order valence-corrected chi connectivity index (χ3v) is 2.76. The van der Waals surface area contributed by atoms with Crippen molar-refractivity contribution in [2.24, 2.45) is 5.92 Å². The highest BCUT2D eigenvalue weighted by atomic mass is 16.5. The van der Waals surface area contributed by atoms with Crippen molar-refractivity contribution >= 4 is 5.97 Å². The van der Waals surface area contributed by atoms with E-state index in [1.807, 2.05) is 19.9 Å². The van der Waals surface area contributed by atoms with E-state index in [4.69, 9.17) is 4.74 Å². The van der Waals surface area contributed by atoms with E-state index in [1.165, 1.54) is 38.5 Å². The fourth-order valence-electron chi connectivity index (χ4n) is 1.99. The Morgan fingerprint density at radius 2 is 1.80 bits per heavy atom. The predicted molar refractivity (Wildman–Crippen MR) is 61.6 cm³/mol. The third-order valence-electron chi connectivity index (χ3n) is 2.76. The average Bonchev–Trinajstić information content (AvgIpc) is 2.41. The van der Waals surface area contributed by atoms with Gasteiger partial charge in [-0.1, -0.05) is 31.8 Å². The average molecular weight is 210 g/mol. The Morgan fingerprint density at radius 3 is 2.33 bits per heavy atom. The van der Waals surface area contributed by atoms with E-state index in [0.717, 1.165) is 0 Å². The fourth-order valence-corrected chi connectivity index (χ4v) is 1.99. The molecule has 0 N–H and O–H groups in total. The molecule has 1 rings (SSSR count). The van der Waals surface area contributed by atoms with Crippen molar-refractivity contribution in [1.29, 1.82) is 0 Å². The van der Waals surface area contributed by atoms with Crippen LogP contribution in [0.4, 0.5) is 0 Å². The highest BCUT2D eigenvalue weighted by molar-refractivity contribution is 5.82. The smallest absolute Gasteiger partial charge is 0.330 e. The van der Waals surface area contributed by atoms with Crippen LogP contribution in [0.15, 0.2) is 12.2 Å². The van der Waals surface area contributed by atoms with Crippen molar-refractivity contribution in [2.45, 2.75) is 58.5 Å². The summed E-state index contributed by atoms with van der Waals surface area (Å²) in [6, 6.07) is 0. The summed E-state index contributed by atoms with van der Waals surface area (Å²) in [5.41, 5.74) is 0.